The summed E-state index contributed by atoms with van der Waals surface area (Å²) in [6.07, 6.45) is 1.21. The molecule has 68 valence electrons. The molecule has 0 bridgehead atoms. The Labute approximate surface area is 71.2 Å². The number of carboxylic acid groups (broad SMARTS) is 1. The Bertz CT molecular complexity index is 196. The van der Waals surface area contributed by atoms with Crippen molar-refractivity contribution in [2.24, 2.45) is 0 Å². The first-order valence-electron chi connectivity index (χ1n) is 3.89. The molecule has 1 rings (SSSR count). The predicted molar refractivity (Wildman–Crippen MR) is 44.0 cm³/mol. The van der Waals surface area contributed by atoms with Gasteiger partial charge in [0.2, 0.25) is 0 Å². The first-order valence-corrected chi connectivity index (χ1v) is 3.89. The first-order chi connectivity index (χ1) is 5.68. The number of rotatable bonds is 4. The molecule has 0 atom stereocenters. The van der Waals surface area contributed by atoms with Crippen LogP contribution in [0.25, 0.3) is 0 Å². The largest absolute Gasteiger partial charge is 0.478 e. The van der Waals surface area contributed by atoms with Gasteiger partial charge < -0.3 is 15.2 Å². The maximum atomic E-state index is 10.2. The fraction of sp³-hybridized carbons (Fsp3) is 0.625. The van der Waals surface area contributed by atoms with Gasteiger partial charge in [0.15, 0.2) is 0 Å². The van der Waals surface area contributed by atoms with Crippen molar-refractivity contribution in [1.82, 2.24) is 5.32 Å². The maximum Gasteiger partial charge on any atom is 0.328 e. The van der Waals surface area contributed by atoms with Gasteiger partial charge in [0.05, 0.1) is 19.3 Å². The SMILES string of the molecule is CC(=CC(=O)O)CNC1COC1. The first kappa shape index (κ1) is 9.22. The summed E-state index contributed by atoms with van der Waals surface area (Å²) in [5.41, 5.74) is 0.828. The lowest BCUT2D eigenvalue weighted by atomic mass is 10.2. The van der Waals surface area contributed by atoms with Crippen molar-refractivity contribution < 1.29 is 14.6 Å². The lowest BCUT2D eigenvalue weighted by Crippen LogP contribution is -2.46. The van der Waals surface area contributed by atoms with Crippen LogP contribution in [-0.4, -0.2) is 36.9 Å². The van der Waals surface area contributed by atoms with Crippen molar-refractivity contribution in [3.63, 3.8) is 0 Å². The fourth-order valence-electron chi connectivity index (χ4n) is 0.921. The van der Waals surface area contributed by atoms with E-state index in [0.717, 1.165) is 18.8 Å². The van der Waals surface area contributed by atoms with Crippen LogP contribution in [0.1, 0.15) is 6.92 Å². The van der Waals surface area contributed by atoms with Crippen molar-refractivity contribution in [2.45, 2.75) is 13.0 Å². The minimum atomic E-state index is -0.890. The molecule has 0 spiro atoms. The number of hydrogen-bond acceptors (Lipinski definition) is 3. The number of carbonyl (C=O) groups is 1. The molecular weight excluding hydrogens is 158 g/mol. The Balaban J connectivity index is 2.16. The van der Waals surface area contributed by atoms with Gasteiger partial charge in [-0.3, -0.25) is 0 Å². The van der Waals surface area contributed by atoms with E-state index in [4.69, 9.17) is 9.84 Å². The zero-order valence-electron chi connectivity index (χ0n) is 7.04. The molecule has 0 aromatic rings. The van der Waals surface area contributed by atoms with Crippen LogP contribution in [-0.2, 0) is 9.53 Å². The third kappa shape index (κ3) is 3.02. The second-order valence-corrected chi connectivity index (χ2v) is 2.94. The average molecular weight is 171 g/mol. The Morgan fingerprint density at radius 1 is 1.75 bits per heavy atom. The van der Waals surface area contributed by atoms with Crippen LogP contribution < -0.4 is 5.32 Å². The molecule has 1 aliphatic rings. The van der Waals surface area contributed by atoms with E-state index in [1.54, 1.807) is 6.92 Å². The summed E-state index contributed by atoms with van der Waals surface area (Å²) in [4.78, 5) is 10.2. The van der Waals surface area contributed by atoms with Crippen molar-refractivity contribution in [3.05, 3.63) is 11.6 Å². The molecule has 0 aliphatic carbocycles. The van der Waals surface area contributed by atoms with Crippen LogP contribution in [0.3, 0.4) is 0 Å². The molecule has 0 amide bonds. The van der Waals surface area contributed by atoms with Gasteiger partial charge in [0.1, 0.15) is 0 Å². The van der Waals surface area contributed by atoms with E-state index in [2.05, 4.69) is 5.32 Å². The van der Waals surface area contributed by atoms with E-state index in [1.807, 2.05) is 0 Å². The summed E-state index contributed by atoms with van der Waals surface area (Å²) in [6, 6.07) is 0.405. The Hall–Kier alpha value is -0.870. The molecular formula is C8H13NO3. The number of ether oxygens (including phenoxy) is 1. The fourth-order valence-corrected chi connectivity index (χ4v) is 0.921. The Kier molecular flexibility index (Phi) is 3.25. The molecule has 0 radical (unpaired) electrons. The summed E-state index contributed by atoms with van der Waals surface area (Å²) in [6.45, 7) is 3.89. The molecule has 12 heavy (non-hydrogen) atoms. The van der Waals surface area contributed by atoms with Crippen molar-refractivity contribution in [2.75, 3.05) is 19.8 Å². The molecule has 4 nitrogen and oxygen atoms in total. The van der Waals surface area contributed by atoms with Crippen LogP contribution in [0.5, 0.6) is 0 Å². The van der Waals surface area contributed by atoms with Gasteiger partial charge >= 0.3 is 5.97 Å². The maximum absolute atomic E-state index is 10.2. The Morgan fingerprint density at radius 2 is 2.42 bits per heavy atom. The van der Waals surface area contributed by atoms with E-state index < -0.39 is 5.97 Å². The summed E-state index contributed by atoms with van der Waals surface area (Å²) in [5.74, 6) is -0.890. The van der Waals surface area contributed by atoms with Gasteiger partial charge in [-0.2, -0.15) is 0 Å². The van der Waals surface area contributed by atoms with Crippen LogP contribution in [0.4, 0.5) is 0 Å². The molecule has 0 aromatic carbocycles. The lowest BCUT2D eigenvalue weighted by Gasteiger charge is -2.27. The number of carboxylic acids is 1. The molecule has 0 unspecified atom stereocenters. The minimum absolute atomic E-state index is 0.405. The van der Waals surface area contributed by atoms with Crippen LogP contribution in [0.15, 0.2) is 11.6 Å². The highest BCUT2D eigenvalue weighted by atomic mass is 16.5. The third-order valence-electron chi connectivity index (χ3n) is 1.68. The lowest BCUT2D eigenvalue weighted by molar-refractivity contribution is -0.131. The standard InChI is InChI=1S/C8H13NO3/c1-6(2-8(10)11)3-9-7-4-12-5-7/h2,7,9H,3-5H2,1H3,(H,10,11). The molecule has 2 N–H and O–H groups in total. The average Bonchev–Trinajstić information content (AvgIpc) is 1.81. The second-order valence-electron chi connectivity index (χ2n) is 2.94. The number of nitrogens with one attached hydrogen (secondary N) is 1. The van der Waals surface area contributed by atoms with E-state index >= 15 is 0 Å². The zero-order valence-corrected chi connectivity index (χ0v) is 7.04. The van der Waals surface area contributed by atoms with Gasteiger partial charge in [-0.15, -0.1) is 0 Å². The van der Waals surface area contributed by atoms with Crippen LogP contribution >= 0.6 is 0 Å². The quantitative estimate of drug-likeness (QED) is 0.585. The molecule has 1 heterocycles. The number of hydrogen-bond donors (Lipinski definition) is 2. The van der Waals surface area contributed by atoms with E-state index in [9.17, 15) is 4.79 Å². The second kappa shape index (κ2) is 4.23. The minimum Gasteiger partial charge on any atom is -0.478 e. The Morgan fingerprint density at radius 3 is 2.83 bits per heavy atom. The highest BCUT2D eigenvalue weighted by Crippen LogP contribution is 2.00. The van der Waals surface area contributed by atoms with Gasteiger partial charge in [0, 0.05) is 12.6 Å². The van der Waals surface area contributed by atoms with E-state index in [0.29, 0.717) is 12.6 Å². The summed E-state index contributed by atoms with van der Waals surface area (Å²) in [5, 5.41) is 11.6. The van der Waals surface area contributed by atoms with Crippen molar-refractivity contribution in [3.8, 4) is 0 Å². The summed E-state index contributed by atoms with van der Waals surface area (Å²) >= 11 is 0. The van der Waals surface area contributed by atoms with Gasteiger partial charge in [-0.05, 0) is 6.92 Å². The summed E-state index contributed by atoms with van der Waals surface area (Å²) < 4.78 is 4.95. The zero-order chi connectivity index (χ0) is 8.97. The highest BCUT2D eigenvalue weighted by Gasteiger charge is 2.16. The highest BCUT2D eigenvalue weighted by molar-refractivity contribution is 5.80. The molecule has 0 saturated carbocycles. The van der Waals surface area contributed by atoms with Crippen LogP contribution in [0, 0.1) is 0 Å². The topological polar surface area (TPSA) is 58.6 Å². The van der Waals surface area contributed by atoms with Gasteiger partial charge in [-0.1, -0.05) is 5.57 Å². The molecule has 1 aliphatic heterocycles. The van der Waals surface area contributed by atoms with E-state index in [-0.39, 0.29) is 0 Å². The van der Waals surface area contributed by atoms with Crippen molar-refractivity contribution >= 4 is 5.97 Å². The van der Waals surface area contributed by atoms with E-state index in [1.165, 1.54) is 6.08 Å². The van der Waals surface area contributed by atoms with Crippen LogP contribution in [0.2, 0.25) is 0 Å². The number of aliphatic carboxylic acids is 1. The monoisotopic (exact) mass is 171 g/mol. The van der Waals surface area contributed by atoms with Gasteiger partial charge in [0.25, 0.3) is 0 Å². The molecule has 4 heteroatoms. The van der Waals surface area contributed by atoms with Crippen molar-refractivity contribution in [1.29, 1.82) is 0 Å². The smallest absolute Gasteiger partial charge is 0.328 e. The molecule has 0 aromatic heterocycles. The predicted octanol–water partition coefficient (Wildman–Crippen LogP) is 0.00570. The molecule has 1 saturated heterocycles. The molecule has 1 fully saturated rings. The summed E-state index contributed by atoms with van der Waals surface area (Å²) in [7, 11) is 0. The van der Waals surface area contributed by atoms with Gasteiger partial charge in [-0.25, -0.2) is 4.79 Å². The third-order valence-corrected chi connectivity index (χ3v) is 1.68. The normalized spacial score (nSPS) is 18.9.